The van der Waals surface area contributed by atoms with Crippen LogP contribution in [0.5, 0.6) is 5.75 Å². The van der Waals surface area contributed by atoms with Gasteiger partial charge in [0.15, 0.2) is 12.1 Å². The SMILES string of the molecule is Cc1cc(COc2ccc(C3(N)CC[N@@+](CC(=O)NO)(C(C)C)C3=O)cc2)c2ccccc2n1. The number of ether oxygens (including phenoxy) is 1. The zero-order chi connectivity index (χ0) is 24.5. The molecule has 1 fully saturated rings. The highest BCUT2D eigenvalue weighted by Gasteiger charge is 2.59. The van der Waals surface area contributed by atoms with Crippen LogP contribution in [-0.2, 0) is 21.7 Å². The molecular formula is C26H31N4O4+. The molecule has 1 unspecified atom stereocenters. The highest BCUT2D eigenvalue weighted by atomic mass is 16.5. The Morgan fingerprint density at radius 3 is 2.62 bits per heavy atom. The number of hydroxylamine groups is 1. The van der Waals surface area contributed by atoms with Gasteiger partial charge in [0.1, 0.15) is 12.4 Å². The standard InChI is InChI=1S/C26H30N4O4/c1-17(2)30(15-24(31)29-33)13-12-26(27,25(30)32)20-8-10-21(11-9-20)34-16-19-14-18(3)28-23-7-5-4-6-22(19)23/h4-11,14,17H,12-13,15-16,27H2,1-3H3,(H-,29,31,33)/p+1/t26?,30-/m1/s1. The predicted octanol–water partition coefficient (Wildman–Crippen LogP) is 2.94. The smallest absolute Gasteiger partial charge is 0.339 e. The molecule has 0 bridgehead atoms. The lowest BCUT2D eigenvalue weighted by Crippen LogP contribution is -2.62. The maximum absolute atomic E-state index is 13.5. The quantitative estimate of drug-likeness (QED) is 0.282. The Hall–Kier alpha value is -3.33. The van der Waals surface area contributed by atoms with E-state index in [2.05, 4.69) is 4.98 Å². The van der Waals surface area contributed by atoms with E-state index in [4.69, 9.17) is 15.7 Å². The first-order chi connectivity index (χ1) is 16.2. The number of benzene rings is 2. The lowest BCUT2D eigenvalue weighted by Gasteiger charge is -2.36. The second-order valence-electron chi connectivity index (χ2n) is 9.32. The maximum atomic E-state index is 13.5. The minimum absolute atomic E-state index is 0.102. The fourth-order valence-corrected chi connectivity index (χ4v) is 4.89. The molecule has 4 N–H and O–H groups in total. The van der Waals surface area contributed by atoms with Crippen LogP contribution in [0.25, 0.3) is 10.9 Å². The first-order valence-electron chi connectivity index (χ1n) is 11.4. The summed E-state index contributed by atoms with van der Waals surface area (Å²) in [5.74, 6) is -0.159. The van der Waals surface area contributed by atoms with Crippen molar-refractivity contribution in [3.8, 4) is 5.75 Å². The highest BCUT2D eigenvalue weighted by molar-refractivity contribution is 5.87. The summed E-state index contributed by atoms with van der Waals surface area (Å²) in [4.78, 5) is 30.0. The minimum Gasteiger partial charge on any atom is -0.489 e. The fraction of sp³-hybridized carbons (Fsp3) is 0.346. The molecule has 0 radical (unpaired) electrons. The van der Waals surface area contributed by atoms with Crippen LogP contribution in [0.4, 0.5) is 0 Å². The number of nitrogens with zero attached hydrogens (tertiary/aromatic N) is 2. The first-order valence-corrected chi connectivity index (χ1v) is 11.4. The van der Waals surface area contributed by atoms with Gasteiger partial charge in [-0.3, -0.25) is 15.0 Å². The number of nitrogens with one attached hydrogen (secondary N) is 1. The van der Waals surface area contributed by atoms with Crippen molar-refractivity contribution in [2.24, 2.45) is 5.73 Å². The zero-order valence-corrected chi connectivity index (χ0v) is 19.7. The average Bonchev–Trinajstić information content (AvgIpc) is 3.09. The van der Waals surface area contributed by atoms with Gasteiger partial charge < -0.3 is 10.5 Å². The van der Waals surface area contributed by atoms with Gasteiger partial charge >= 0.3 is 5.91 Å². The Labute approximate surface area is 198 Å². The van der Waals surface area contributed by atoms with Gasteiger partial charge in [-0.15, -0.1) is 0 Å². The summed E-state index contributed by atoms with van der Waals surface area (Å²) in [6.45, 7) is 6.40. The first kappa shape index (κ1) is 23.8. The number of aryl methyl sites for hydroxylation is 1. The molecule has 0 spiro atoms. The Morgan fingerprint density at radius 1 is 1.24 bits per heavy atom. The molecule has 34 heavy (non-hydrogen) atoms. The van der Waals surface area contributed by atoms with E-state index in [1.165, 1.54) is 0 Å². The zero-order valence-electron chi connectivity index (χ0n) is 19.7. The Bertz CT molecular complexity index is 1230. The number of carbonyl (C=O) groups excluding carboxylic acids is 2. The van der Waals surface area contributed by atoms with Crippen LogP contribution in [0.1, 0.15) is 37.1 Å². The van der Waals surface area contributed by atoms with E-state index in [-0.39, 0.29) is 23.0 Å². The van der Waals surface area contributed by atoms with Gasteiger partial charge in [-0.1, -0.05) is 30.3 Å². The summed E-state index contributed by atoms with van der Waals surface area (Å²) < 4.78 is 5.94. The minimum atomic E-state index is -1.21. The van der Waals surface area contributed by atoms with E-state index < -0.39 is 11.4 Å². The molecule has 4 rings (SSSR count). The van der Waals surface area contributed by atoms with Crippen LogP contribution < -0.4 is 16.0 Å². The molecule has 2 aromatic carbocycles. The van der Waals surface area contributed by atoms with E-state index in [9.17, 15) is 9.59 Å². The number of fused-ring (bicyclic) bond motifs is 1. The van der Waals surface area contributed by atoms with Crippen molar-refractivity contribution in [3.63, 3.8) is 0 Å². The molecule has 1 saturated heterocycles. The number of pyridine rings is 1. The van der Waals surface area contributed by atoms with Gasteiger partial charge in [0.25, 0.3) is 5.91 Å². The molecule has 1 aliphatic rings. The number of aromatic nitrogens is 1. The third kappa shape index (κ3) is 4.16. The molecular weight excluding hydrogens is 432 g/mol. The summed E-state index contributed by atoms with van der Waals surface area (Å²) in [7, 11) is 0. The van der Waals surface area contributed by atoms with Crippen LogP contribution in [0.2, 0.25) is 0 Å². The van der Waals surface area contributed by atoms with Gasteiger partial charge in [-0.05, 0) is 50.6 Å². The number of likely N-dealkylation sites (tertiary alicyclic amines) is 1. The second-order valence-corrected chi connectivity index (χ2v) is 9.32. The van der Waals surface area contributed by atoms with Crippen LogP contribution >= 0.6 is 0 Å². The largest absolute Gasteiger partial charge is 0.489 e. The van der Waals surface area contributed by atoms with E-state index in [0.29, 0.717) is 30.9 Å². The van der Waals surface area contributed by atoms with E-state index >= 15 is 0 Å². The van der Waals surface area contributed by atoms with Crippen molar-refractivity contribution in [1.29, 1.82) is 0 Å². The van der Waals surface area contributed by atoms with Crippen LogP contribution in [0.3, 0.4) is 0 Å². The molecule has 2 amide bonds. The molecule has 1 aliphatic heterocycles. The maximum Gasteiger partial charge on any atom is 0.339 e. The number of carbonyl (C=O) groups is 2. The van der Waals surface area contributed by atoms with E-state index in [1.54, 1.807) is 5.48 Å². The number of rotatable bonds is 7. The molecule has 8 nitrogen and oxygen atoms in total. The number of para-hydroxylation sites is 1. The Balaban J connectivity index is 1.53. The van der Waals surface area contributed by atoms with Gasteiger partial charge in [0.05, 0.1) is 18.1 Å². The topological polar surface area (TPSA) is 115 Å². The van der Waals surface area contributed by atoms with E-state index in [1.807, 2.05) is 75.4 Å². The normalized spacial score (nSPS) is 22.4. The van der Waals surface area contributed by atoms with Gasteiger partial charge in [0, 0.05) is 23.1 Å². The fourth-order valence-electron chi connectivity index (χ4n) is 4.89. The summed E-state index contributed by atoms with van der Waals surface area (Å²) in [6.07, 6.45) is 0.408. The molecule has 8 heteroatoms. The highest BCUT2D eigenvalue weighted by Crippen LogP contribution is 2.38. The Kier molecular flexibility index (Phi) is 6.40. The van der Waals surface area contributed by atoms with Crippen LogP contribution in [0, 0.1) is 6.92 Å². The molecule has 3 aromatic rings. The number of nitrogens with two attached hydrogens (primary N) is 1. The summed E-state index contributed by atoms with van der Waals surface area (Å²) in [5.41, 5.74) is 10.7. The number of amides is 2. The van der Waals surface area contributed by atoms with Crippen molar-refractivity contribution in [3.05, 3.63) is 71.4 Å². The second kappa shape index (κ2) is 9.13. The van der Waals surface area contributed by atoms with Crippen molar-refractivity contribution in [2.45, 2.75) is 45.4 Å². The molecule has 0 saturated carbocycles. The third-order valence-electron chi connectivity index (χ3n) is 6.92. The van der Waals surface area contributed by atoms with Gasteiger partial charge in [-0.2, -0.15) is 0 Å². The van der Waals surface area contributed by atoms with Gasteiger partial charge in [0.2, 0.25) is 0 Å². The van der Waals surface area contributed by atoms with E-state index in [0.717, 1.165) is 22.2 Å². The van der Waals surface area contributed by atoms with Gasteiger partial charge in [-0.25, -0.2) is 14.8 Å². The van der Waals surface area contributed by atoms with Crippen LogP contribution in [0.15, 0.2) is 54.6 Å². The molecule has 178 valence electrons. The number of quaternary nitrogens is 1. The predicted molar refractivity (Wildman–Crippen MR) is 128 cm³/mol. The van der Waals surface area contributed by atoms with Crippen molar-refractivity contribution in [2.75, 3.05) is 13.1 Å². The summed E-state index contributed by atoms with van der Waals surface area (Å²) in [5, 5.41) is 10.0. The van der Waals surface area contributed by atoms with Crippen molar-refractivity contribution in [1.82, 2.24) is 10.5 Å². The summed E-state index contributed by atoms with van der Waals surface area (Å²) in [6, 6.07) is 17.1. The summed E-state index contributed by atoms with van der Waals surface area (Å²) >= 11 is 0. The molecule has 0 aliphatic carbocycles. The average molecular weight is 464 g/mol. The number of hydrogen-bond donors (Lipinski definition) is 3. The Morgan fingerprint density at radius 2 is 1.94 bits per heavy atom. The molecule has 1 aromatic heterocycles. The lowest BCUT2D eigenvalue weighted by molar-refractivity contribution is -0.860. The lowest BCUT2D eigenvalue weighted by atomic mass is 9.89. The van der Waals surface area contributed by atoms with Crippen molar-refractivity contribution < 1.29 is 24.0 Å². The van der Waals surface area contributed by atoms with Crippen LogP contribution in [-0.4, -0.2) is 45.6 Å². The number of hydrogen-bond acceptors (Lipinski definition) is 6. The monoisotopic (exact) mass is 463 g/mol. The molecule has 2 atom stereocenters. The molecule has 2 heterocycles. The van der Waals surface area contributed by atoms with Crippen molar-refractivity contribution >= 4 is 22.7 Å². The third-order valence-corrected chi connectivity index (χ3v) is 6.92.